The highest BCUT2D eigenvalue weighted by Crippen LogP contribution is 2.22. The zero-order chi connectivity index (χ0) is 12.1. The van der Waals surface area contributed by atoms with Gasteiger partial charge in [0.15, 0.2) is 11.6 Å². The molecule has 1 aliphatic rings. The molecule has 2 heterocycles. The van der Waals surface area contributed by atoms with Crippen molar-refractivity contribution in [3.8, 4) is 0 Å². The molecule has 0 aromatic carbocycles. The maximum atomic E-state index is 14.2. The summed E-state index contributed by atoms with van der Waals surface area (Å²) < 4.78 is 14.2. The number of thioether (sulfide) groups is 1. The molecule has 1 saturated heterocycles. The summed E-state index contributed by atoms with van der Waals surface area (Å²) in [6.07, 6.45) is 2.80. The molecule has 0 saturated carbocycles. The molecular formula is C12H18FN3S. The van der Waals surface area contributed by atoms with Crippen LogP contribution in [0.5, 0.6) is 0 Å². The largest absolute Gasteiger partial charge is 0.353 e. The van der Waals surface area contributed by atoms with Gasteiger partial charge >= 0.3 is 0 Å². The van der Waals surface area contributed by atoms with Crippen molar-refractivity contribution in [1.82, 2.24) is 10.3 Å². The first-order chi connectivity index (χ1) is 8.33. The van der Waals surface area contributed by atoms with Gasteiger partial charge in [0.05, 0.1) is 0 Å². The Morgan fingerprint density at radius 3 is 3.18 bits per heavy atom. The van der Waals surface area contributed by atoms with Gasteiger partial charge in [0.1, 0.15) is 0 Å². The normalized spacial score (nSPS) is 16.9. The average molecular weight is 255 g/mol. The van der Waals surface area contributed by atoms with Gasteiger partial charge < -0.3 is 10.2 Å². The van der Waals surface area contributed by atoms with Crippen LogP contribution in [-0.4, -0.2) is 36.6 Å². The molecule has 0 unspecified atom stereocenters. The van der Waals surface area contributed by atoms with E-state index in [-0.39, 0.29) is 5.82 Å². The van der Waals surface area contributed by atoms with E-state index in [2.05, 4.69) is 15.2 Å². The average Bonchev–Trinajstić information content (AvgIpc) is 2.61. The van der Waals surface area contributed by atoms with Crippen LogP contribution in [0.3, 0.4) is 0 Å². The monoisotopic (exact) mass is 255 g/mol. The van der Waals surface area contributed by atoms with Crippen LogP contribution in [0.2, 0.25) is 0 Å². The maximum Gasteiger partial charge on any atom is 0.170 e. The van der Waals surface area contributed by atoms with Crippen molar-refractivity contribution < 1.29 is 4.39 Å². The van der Waals surface area contributed by atoms with Gasteiger partial charge in [-0.05, 0) is 25.3 Å². The molecule has 0 spiro atoms. The molecule has 1 fully saturated rings. The van der Waals surface area contributed by atoms with Gasteiger partial charge in [0.2, 0.25) is 0 Å². The molecule has 5 heteroatoms. The predicted octanol–water partition coefficient (Wildman–Crippen LogP) is 1.88. The third-order valence-corrected chi connectivity index (χ3v) is 3.89. The first kappa shape index (κ1) is 12.6. The van der Waals surface area contributed by atoms with Crippen molar-refractivity contribution in [1.29, 1.82) is 0 Å². The smallest absolute Gasteiger partial charge is 0.170 e. The maximum absolute atomic E-state index is 14.2. The Morgan fingerprint density at radius 2 is 2.35 bits per heavy atom. The lowest BCUT2D eigenvalue weighted by Gasteiger charge is -2.22. The highest BCUT2D eigenvalue weighted by Gasteiger charge is 2.17. The van der Waals surface area contributed by atoms with Crippen LogP contribution in [0, 0.1) is 5.82 Å². The van der Waals surface area contributed by atoms with Gasteiger partial charge in [0, 0.05) is 37.1 Å². The van der Waals surface area contributed by atoms with Gasteiger partial charge in [-0.15, -0.1) is 0 Å². The van der Waals surface area contributed by atoms with Crippen LogP contribution in [0.15, 0.2) is 12.3 Å². The SMILES string of the molecule is CNCc1ccnc(N2CCCSCC2)c1F. The molecule has 1 aliphatic heterocycles. The fraction of sp³-hybridized carbons (Fsp3) is 0.583. The van der Waals surface area contributed by atoms with Gasteiger partial charge in [-0.2, -0.15) is 11.8 Å². The number of aromatic nitrogens is 1. The summed E-state index contributed by atoms with van der Waals surface area (Å²) >= 11 is 1.93. The van der Waals surface area contributed by atoms with Crippen LogP contribution >= 0.6 is 11.8 Å². The summed E-state index contributed by atoms with van der Waals surface area (Å²) in [5, 5.41) is 2.98. The third kappa shape index (κ3) is 3.10. The number of anilines is 1. The first-order valence-corrected chi connectivity index (χ1v) is 7.09. The quantitative estimate of drug-likeness (QED) is 0.892. The third-order valence-electron chi connectivity index (χ3n) is 2.84. The lowest BCUT2D eigenvalue weighted by atomic mass is 10.2. The Bertz CT molecular complexity index is 365. The van der Waals surface area contributed by atoms with Crippen LogP contribution in [0.1, 0.15) is 12.0 Å². The van der Waals surface area contributed by atoms with Crippen molar-refractivity contribution in [2.75, 3.05) is 36.5 Å². The van der Waals surface area contributed by atoms with E-state index in [9.17, 15) is 4.39 Å². The second kappa shape index (κ2) is 6.21. The Hall–Kier alpha value is -0.810. The predicted molar refractivity (Wildman–Crippen MR) is 71.1 cm³/mol. The van der Waals surface area contributed by atoms with Gasteiger partial charge in [-0.1, -0.05) is 0 Å². The Balaban J connectivity index is 2.21. The van der Waals surface area contributed by atoms with Crippen molar-refractivity contribution >= 4 is 17.6 Å². The van der Waals surface area contributed by atoms with Crippen molar-refractivity contribution in [2.45, 2.75) is 13.0 Å². The van der Waals surface area contributed by atoms with Crippen LogP contribution in [0.25, 0.3) is 0 Å². The minimum atomic E-state index is -0.172. The van der Waals surface area contributed by atoms with E-state index in [0.29, 0.717) is 17.9 Å². The van der Waals surface area contributed by atoms with E-state index in [1.54, 1.807) is 12.3 Å². The summed E-state index contributed by atoms with van der Waals surface area (Å²) in [5.74, 6) is 2.56. The lowest BCUT2D eigenvalue weighted by Crippen LogP contribution is -2.28. The summed E-state index contributed by atoms with van der Waals surface area (Å²) in [6.45, 7) is 2.33. The van der Waals surface area contributed by atoms with E-state index < -0.39 is 0 Å². The number of nitrogens with zero attached hydrogens (tertiary/aromatic N) is 2. The molecule has 0 atom stereocenters. The standard InChI is InChI=1S/C12H18FN3S/c1-14-9-10-3-4-15-12(11(10)13)16-5-2-7-17-8-6-16/h3-4,14H,2,5-9H2,1H3. The molecule has 17 heavy (non-hydrogen) atoms. The van der Waals surface area contributed by atoms with Crippen molar-refractivity contribution in [3.63, 3.8) is 0 Å². The molecule has 1 N–H and O–H groups in total. The second-order valence-electron chi connectivity index (χ2n) is 4.09. The van der Waals surface area contributed by atoms with E-state index in [1.807, 2.05) is 18.8 Å². The topological polar surface area (TPSA) is 28.2 Å². The summed E-state index contributed by atoms with van der Waals surface area (Å²) in [4.78, 5) is 6.26. The van der Waals surface area contributed by atoms with E-state index in [0.717, 1.165) is 31.0 Å². The zero-order valence-corrected chi connectivity index (χ0v) is 10.9. The van der Waals surface area contributed by atoms with E-state index >= 15 is 0 Å². The number of pyridine rings is 1. The van der Waals surface area contributed by atoms with Gasteiger partial charge in [0.25, 0.3) is 0 Å². The second-order valence-corrected chi connectivity index (χ2v) is 5.32. The number of nitrogens with one attached hydrogen (secondary N) is 1. The van der Waals surface area contributed by atoms with Crippen molar-refractivity contribution in [3.05, 3.63) is 23.6 Å². The number of hydrogen-bond acceptors (Lipinski definition) is 4. The number of halogens is 1. The first-order valence-electron chi connectivity index (χ1n) is 5.93. The van der Waals surface area contributed by atoms with E-state index in [4.69, 9.17) is 0 Å². The molecule has 0 aliphatic carbocycles. The molecule has 1 aromatic rings. The van der Waals surface area contributed by atoms with Gasteiger partial charge in [-0.25, -0.2) is 9.37 Å². The lowest BCUT2D eigenvalue weighted by molar-refractivity contribution is 0.586. The van der Waals surface area contributed by atoms with Gasteiger partial charge in [-0.3, -0.25) is 0 Å². The minimum Gasteiger partial charge on any atom is -0.353 e. The minimum absolute atomic E-state index is 0.172. The zero-order valence-electron chi connectivity index (χ0n) is 10.1. The van der Waals surface area contributed by atoms with Crippen molar-refractivity contribution in [2.24, 2.45) is 0 Å². The molecule has 0 amide bonds. The number of hydrogen-bond donors (Lipinski definition) is 1. The highest BCUT2D eigenvalue weighted by molar-refractivity contribution is 7.99. The fourth-order valence-corrected chi connectivity index (χ4v) is 2.86. The summed E-state index contributed by atoms with van der Waals surface area (Å²) in [7, 11) is 1.82. The molecule has 0 radical (unpaired) electrons. The van der Waals surface area contributed by atoms with Crippen LogP contribution in [0.4, 0.5) is 10.2 Å². The Morgan fingerprint density at radius 1 is 1.47 bits per heavy atom. The fourth-order valence-electron chi connectivity index (χ4n) is 1.98. The highest BCUT2D eigenvalue weighted by atomic mass is 32.2. The van der Waals surface area contributed by atoms with Crippen LogP contribution in [-0.2, 0) is 6.54 Å². The number of rotatable bonds is 3. The summed E-state index contributed by atoms with van der Waals surface area (Å²) in [6, 6.07) is 1.74. The summed E-state index contributed by atoms with van der Waals surface area (Å²) in [5.41, 5.74) is 0.689. The Kier molecular flexibility index (Phi) is 4.62. The van der Waals surface area contributed by atoms with Crippen LogP contribution < -0.4 is 10.2 Å². The Labute approximate surface area is 106 Å². The molecule has 0 bridgehead atoms. The molecular weight excluding hydrogens is 237 g/mol. The molecule has 2 rings (SSSR count). The molecule has 3 nitrogen and oxygen atoms in total. The molecule has 1 aromatic heterocycles. The molecule has 94 valence electrons. The van der Waals surface area contributed by atoms with E-state index in [1.165, 1.54) is 0 Å².